The van der Waals surface area contributed by atoms with E-state index in [1.165, 1.54) is 6.07 Å². The molecule has 1 heterocycles. The van der Waals surface area contributed by atoms with Crippen LogP contribution < -0.4 is 10.1 Å². The first-order valence-electron chi connectivity index (χ1n) is 6.32. The summed E-state index contributed by atoms with van der Waals surface area (Å²) in [6, 6.07) is 8.83. The summed E-state index contributed by atoms with van der Waals surface area (Å²) < 4.78 is 5.55. The van der Waals surface area contributed by atoms with Crippen LogP contribution in [-0.4, -0.2) is 23.1 Å². The minimum atomic E-state index is -1.07. The van der Waals surface area contributed by atoms with Gasteiger partial charge >= 0.3 is 5.97 Å². The predicted molar refractivity (Wildman–Crippen MR) is 81.2 cm³/mol. The number of ether oxygens (including phenoxy) is 1. The van der Waals surface area contributed by atoms with Crippen molar-refractivity contribution in [1.82, 2.24) is 0 Å². The molecule has 1 atom stereocenters. The predicted octanol–water partition coefficient (Wildman–Crippen LogP) is 3.16. The van der Waals surface area contributed by atoms with Gasteiger partial charge in [0, 0.05) is 0 Å². The third kappa shape index (κ3) is 3.82. The lowest BCUT2D eigenvalue weighted by atomic mass is 10.2. The Kier molecular flexibility index (Phi) is 4.59. The Morgan fingerprint density at radius 1 is 1.33 bits per heavy atom. The topological polar surface area (TPSA) is 75.6 Å². The van der Waals surface area contributed by atoms with Crippen molar-refractivity contribution in [2.24, 2.45) is 0 Å². The number of nitrogens with one attached hydrogen (secondary N) is 1. The van der Waals surface area contributed by atoms with E-state index < -0.39 is 12.1 Å². The van der Waals surface area contributed by atoms with Crippen LogP contribution in [0.4, 0.5) is 5.00 Å². The van der Waals surface area contributed by atoms with E-state index in [9.17, 15) is 9.59 Å². The second-order valence-corrected chi connectivity index (χ2v) is 5.45. The maximum absolute atomic E-state index is 12.1. The van der Waals surface area contributed by atoms with Crippen molar-refractivity contribution in [1.29, 1.82) is 0 Å². The Morgan fingerprint density at radius 3 is 2.76 bits per heavy atom. The molecule has 0 aliphatic rings. The fourth-order valence-electron chi connectivity index (χ4n) is 1.73. The zero-order valence-electron chi connectivity index (χ0n) is 11.6. The average molecular weight is 305 g/mol. The summed E-state index contributed by atoms with van der Waals surface area (Å²) in [5, 5.41) is 13.5. The van der Waals surface area contributed by atoms with Crippen molar-refractivity contribution >= 4 is 28.2 Å². The summed E-state index contributed by atoms with van der Waals surface area (Å²) in [6.45, 7) is 3.55. The van der Waals surface area contributed by atoms with Gasteiger partial charge in [-0.3, -0.25) is 4.79 Å². The number of aryl methyl sites for hydroxylation is 1. The summed E-state index contributed by atoms with van der Waals surface area (Å²) in [4.78, 5) is 23.0. The van der Waals surface area contributed by atoms with Crippen LogP contribution >= 0.6 is 11.3 Å². The van der Waals surface area contributed by atoms with E-state index in [0.29, 0.717) is 10.8 Å². The number of carbonyl (C=O) groups excluding carboxylic acids is 1. The monoisotopic (exact) mass is 305 g/mol. The Bertz CT molecular complexity index is 665. The molecule has 0 saturated carbocycles. The summed E-state index contributed by atoms with van der Waals surface area (Å²) in [7, 11) is 0. The van der Waals surface area contributed by atoms with Crippen molar-refractivity contribution in [2.45, 2.75) is 20.0 Å². The second-order valence-electron chi connectivity index (χ2n) is 4.53. The van der Waals surface area contributed by atoms with Crippen LogP contribution in [0.5, 0.6) is 5.75 Å². The van der Waals surface area contributed by atoms with E-state index >= 15 is 0 Å². The Balaban J connectivity index is 2.03. The molecule has 1 aromatic heterocycles. The molecular weight excluding hydrogens is 290 g/mol. The molecule has 1 amide bonds. The molecule has 0 fully saturated rings. The molecule has 2 rings (SSSR count). The van der Waals surface area contributed by atoms with Gasteiger partial charge < -0.3 is 15.2 Å². The van der Waals surface area contributed by atoms with Crippen LogP contribution in [0, 0.1) is 6.92 Å². The minimum absolute atomic E-state index is 0.0797. The van der Waals surface area contributed by atoms with Crippen LogP contribution in [0.15, 0.2) is 35.7 Å². The number of benzene rings is 1. The van der Waals surface area contributed by atoms with Gasteiger partial charge in [0.05, 0.1) is 5.56 Å². The van der Waals surface area contributed by atoms with Gasteiger partial charge in [0.1, 0.15) is 10.8 Å². The van der Waals surface area contributed by atoms with Crippen LogP contribution in [0.2, 0.25) is 0 Å². The van der Waals surface area contributed by atoms with Gasteiger partial charge in [0.25, 0.3) is 5.91 Å². The highest BCUT2D eigenvalue weighted by Gasteiger charge is 2.19. The highest BCUT2D eigenvalue weighted by atomic mass is 32.1. The smallest absolute Gasteiger partial charge is 0.338 e. The van der Waals surface area contributed by atoms with Crippen LogP contribution in [0.3, 0.4) is 0 Å². The molecule has 0 spiro atoms. The van der Waals surface area contributed by atoms with Gasteiger partial charge in [-0.05, 0) is 43.0 Å². The number of hydrogen-bond donors (Lipinski definition) is 2. The van der Waals surface area contributed by atoms with Crippen molar-refractivity contribution in [3.8, 4) is 5.75 Å². The first-order valence-corrected chi connectivity index (χ1v) is 7.20. The van der Waals surface area contributed by atoms with Crippen LogP contribution in [0.25, 0.3) is 0 Å². The molecule has 21 heavy (non-hydrogen) atoms. The maximum atomic E-state index is 12.1. The zero-order chi connectivity index (χ0) is 15.4. The third-order valence-corrected chi connectivity index (χ3v) is 3.63. The Morgan fingerprint density at radius 2 is 2.10 bits per heavy atom. The van der Waals surface area contributed by atoms with Crippen LogP contribution in [-0.2, 0) is 4.79 Å². The van der Waals surface area contributed by atoms with Gasteiger partial charge in [0.15, 0.2) is 6.10 Å². The number of rotatable bonds is 5. The lowest BCUT2D eigenvalue weighted by Crippen LogP contribution is -2.30. The Labute approximate surface area is 126 Å². The van der Waals surface area contributed by atoms with Gasteiger partial charge in [0.2, 0.25) is 0 Å². The van der Waals surface area contributed by atoms with Crippen molar-refractivity contribution in [2.75, 3.05) is 5.32 Å². The highest BCUT2D eigenvalue weighted by Crippen LogP contribution is 2.23. The third-order valence-electron chi connectivity index (χ3n) is 2.80. The highest BCUT2D eigenvalue weighted by molar-refractivity contribution is 7.14. The molecule has 1 aromatic carbocycles. The van der Waals surface area contributed by atoms with E-state index in [1.807, 2.05) is 25.1 Å². The lowest BCUT2D eigenvalue weighted by molar-refractivity contribution is -0.122. The zero-order valence-corrected chi connectivity index (χ0v) is 12.4. The van der Waals surface area contributed by atoms with E-state index in [4.69, 9.17) is 9.84 Å². The van der Waals surface area contributed by atoms with E-state index in [0.717, 1.165) is 16.9 Å². The van der Waals surface area contributed by atoms with Gasteiger partial charge in [-0.15, -0.1) is 11.3 Å². The number of carboxylic acid groups (broad SMARTS) is 1. The maximum Gasteiger partial charge on any atom is 0.338 e. The number of amides is 1. The molecule has 110 valence electrons. The fraction of sp³-hybridized carbons (Fsp3) is 0.200. The quantitative estimate of drug-likeness (QED) is 0.889. The van der Waals surface area contributed by atoms with E-state index in [1.54, 1.807) is 18.4 Å². The minimum Gasteiger partial charge on any atom is -0.481 e. The number of hydrogen-bond acceptors (Lipinski definition) is 4. The molecule has 2 aromatic rings. The normalized spacial score (nSPS) is 11.7. The average Bonchev–Trinajstić information content (AvgIpc) is 2.87. The Hall–Kier alpha value is -2.34. The van der Waals surface area contributed by atoms with Crippen LogP contribution in [0.1, 0.15) is 22.8 Å². The fourth-order valence-corrected chi connectivity index (χ4v) is 2.52. The summed E-state index contributed by atoms with van der Waals surface area (Å²) in [6.07, 6.45) is -0.726. The molecule has 5 nitrogen and oxygen atoms in total. The number of carbonyl (C=O) groups is 2. The first-order chi connectivity index (χ1) is 9.97. The molecular formula is C15H15NO4S. The van der Waals surface area contributed by atoms with Crippen molar-refractivity contribution in [3.63, 3.8) is 0 Å². The van der Waals surface area contributed by atoms with Crippen molar-refractivity contribution < 1.29 is 19.4 Å². The molecule has 0 bridgehead atoms. The van der Waals surface area contributed by atoms with Crippen molar-refractivity contribution in [3.05, 3.63) is 46.8 Å². The molecule has 6 heteroatoms. The van der Waals surface area contributed by atoms with Gasteiger partial charge in [-0.2, -0.15) is 0 Å². The van der Waals surface area contributed by atoms with Gasteiger partial charge in [-0.1, -0.05) is 12.1 Å². The lowest BCUT2D eigenvalue weighted by Gasteiger charge is -2.14. The van der Waals surface area contributed by atoms with Gasteiger partial charge in [-0.25, -0.2) is 4.79 Å². The molecule has 0 saturated heterocycles. The molecule has 0 aliphatic carbocycles. The van der Waals surface area contributed by atoms with E-state index in [-0.39, 0.29) is 11.5 Å². The standard InChI is InChI=1S/C15H15NO4S/c1-9-4-3-5-11(8-9)20-10(2)13(17)16-14-12(15(18)19)6-7-21-14/h3-8,10H,1-2H3,(H,16,17)(H,18,19). The number of aromatic carboxylic acids is 1. The molecule has 1 unspecified atom stereocenters. The summed E-state index contributed by atoms with van der Waals surface area (Å²) >= 11 is 1.16. The SMILES string of the molecule is Cc1cccc(OC(C)C(=O)Nc2sccc2C(=O)O)c1. The second kappa shape index (κ2) is 6.41. The molecule has 0 aliphatic heterocycles. The summed E-state index contributed by atoms with van der Waals surface area (Å²) in [5.74, 6) is -0.859. The molecule has 0 radical (unpaired) electrons. The largest absolute Gasteiger partial charge is 0.481 e. The first kappa shape index (κ1) is 15.1. The number of anilines is 1. The molecule has 2 N–H and O–H groups in total. The number of carboxylic acids is 1. The summed E-state index contributed by atoms with van der Waals surface area (Å²) in [5.41, 5.74) is 1.11. The van der Waals surface area contributed by atoms with E-state index in [2.05, 4.69) is 5.32 Å². The number of thiophene rings is 1.